The number of benzene rings is 1. The lowest BCUT2D eigenvalue weighted by Gasteiger charge is -2.32. The molecule has 0 aliphatic carbocycles. The fraction of sp³-hybridized carbons (Fsp3) is 0.571. The van der Waals surface area contributed by atoms with Crippen molar-refractivity contribution in [2.24, 2.45) is 0 Å². The monoisotopic (exact) mass is 300 g/mol. The van der Waals surface area contributed by atoms with Crippen LogP contribution >= 0.6 is 0 Å². The predicted molar refractivity (Wildman–Crippen MR) is 80.6 cm³/mol. The van der Waals surface area contributed by atoms with Gasteiger partial charge in [0.15, 0.2) is 11.5 Å². The SMILES string of the molecule is COc1cc([Si](OC)(OC)C(C)C)cc(OC)c1OC. The highest BCUT2D eigenvalue weighted by Gasteiger charge is 2.43. The molecular weight excluding hydrogens is 276 g/mol. The first-order chi connectivity index (χ1) is 9.50. The minimum atomic E-state index is -2.54. The second-order valence-corrected chi connectivity index (χ2v) is 8.53. The molecule has 0 aromatic heterocycles. The highest BCUT2D eigenvalue weighted by molar-refractivity contribution is 6.82. The Morgan fingerprint density at radius 2 is 1.25 bits per heavy atom. The summed E-state index contributed by atoms with van der Waals surface area (Å²) >= 11 is 0. The van der Waals surface area contributed by atoms with Crippen molar-refractivity contribution >= 4 is 13.7 Å². The Balaban J connectivity index is 3.52. The van der Waals surface area contributed by atoms with Gasteiger partial charge in [-0.3, -0.25) is 0 Å². The van der Waals surface area contributed by atoms with Crippen LogP contribution in [0.2, 0.25) is 5.54 Å². The van der Waals surface area contributed by atoms with Crippen LogP contribution in [-0.2, 0) is 8.85 Å². The van der Waals surface area contributed by atoms with Gasteiger partial charge >= 0.3 is 8.56 Å². The van der Waals surface area contributed by atoms with E-state index in [1.54, 1.807) is 35.5 Å². The number of ether oxygens (including phenoxy) is 3. The van der Waals surface area contributed by atoms with Crippen LogP contribution in [0.4, 0.5) is 0 Å². The van der Waals surface area contributed by atoms with Gasteiger partial charge in [0.1, 0.15) is 0 Å². The smallest absolute Gasteiger partial charge is 0.374 e. The van der Waals surface area contributed by atoms with Crippen molar-refractivity contribution < 1.29 is 23.1 Å². The molecule has 0 heterocycles. The van der Waals surface area contributed by atoms with Crippen LogP contribution in [0.5, 0.6) is 17.2 Å². The summed E-state index contributed by atoms with van der Waals surface area (Å²) in [7, 11) is 5.59. The topological polar surface area (TPSA) is 46.2 Å². The van der Waals surface area contributed by atoms with Crippen molar-refractivity contribution in [3.63, 3.8) is 0 Å². The molecule has 1 rings (SSSR count). The van der Waals surface area contributed by atoms with E-state index in [4.69, 9.17) is 23.1 Å². The van der Waals surface area contributed by atoms with E-state index in [9.17, 15) is 0 Å². The van der Waals surface area contributed by atoms with Crippen LogP contribution in [0.25, 0.3) is 0 Å². The fourth-order valence-electron chi connectivity index (χ4n) is 2.41. The van der Waals surface area contributed by atoms with Crippen LogP contribution in [0.1, 0.15) is 13.8 Å². The summed E-state index contributed by atoms with van der Waals surface area (Å²) in [4.78, 5) is 0. The first-order valence-corrected chi connectivity index (χ1v) is 8.30. The first kappa shape index (κ1) is 16.8. The van der Waals surface area contributed by atoms with E-state index in [1.807, 2.05) is 12.1 Å². The lowest BCUT2D eigenvalue weighted by molar-refractivity contribution is 0.248. The number of rotatable bonds is 7. The van der Waals surface area contributed by atoms with Gasteiger partial charge in [-0.05, 0) is 12.1 Å². The van der Waals surface area contributed by atoms with Crippen molar-refractivity contribution in [1.29, 1.82) is 0 Å². The summed E-state index contributed by atoms with van der Waals surface area (Å²) in [5, 5.41) is 0.951. The number of hydrogen-bond donors (Lipinski definition) is 0. The maximum absolute atomic E-state index is 5.77. The number of methoxy groups -OCH3 is 3. The minimum Gasteiger partial charge on any atom is -0.493 e. The maximum Gasteiger partial charge on any atom is 0.374 e. The van der Waals surface area contributed by atoms with Crippen LogP contribution in [0, 0.1) is 0 Å². The van der Waals surface area contributed by atoms with Crippen LogP contribution < -0.4 is 19.4 Å². The molecular formula is C14H24O5Si. The summed E-state index contributed by atoms with van der Waals surface area (Å²) in [5.74, 6) is 1.78. The molecule has 0 saturated heterocycles. The highest BCUT2D eigenvalue weighted by Crippen LogP contribution is 2.37. The van der Waals surface area contributed by atoms with E-state index in [0.717, 1.165) is 5.19 Å². The molecule has 1 aromatic rings. The largest absolute Gasteiger partial charge is 0.493 e. The van der Waals surface area contributed by atoms with Crippen LogP contribution in [0.15, 0.2) is 12.1 Å². The van der Waals surface area contributed by atoms with E-state index in [1.165, 1.54) is 0 Å². The third kappa shape index (κ3) is 2.77. The van der Waals surface area contributed by atoms with Crippen molar-refractivity contribution in [2.75, 3.05) is 35.5 Å². The Bertz CT molecular complexity index is 418. The zero-order valence-corrected chi connectivity index (χ0v) is 14.3. The molecule has 0 spiro atoms. The molecule has 5 nitrogen and oxygen atoms in total. The van der Waals surface area contributed by atoms with E-state index in [0.29, 0.717) is 17.2 Å². The highest BCUT2D eigenvalue weighted by atomic mass is 28.4. The summed E-state index contributed by atoms with van der Waals surface area (Å²) in [6, 6.07) is 3.81. The van der Waals surface area contributed by atoms with E-state index in [2.05, 4.69) is 13.8 Å². The fourth-order valence-corrected chi connectivity index (χ4v) is 5.32. The Hall–Kier alpha value is -1.24. The van der Waals surface area contributed by atoms with Gasteiger partial charge < -0.3 is 23.1 Å². The molecule has 0 fully saturated rings. The zero-order chi connectivity index (χ0) is 15.3. The molecule has 0 aliphatic rings. The Kier molecular flexibility index (Phi) is 5.85. The molecule has 0 N–H and O–H groups in total. The molecule has 0 unspecified atom stereocenters. The summed E-state index contributed by atoms with van der Waals surface area (Å²) in [6.07, 6.45) is 0. The summed E-state index contributed by atoms with van der Waals surface area (Å²) in [5.41, 5.74) is 0.236. The molecule has 0 amide bonds. The van der Waals surface area contributed by atoms with E-state index in [-0.39, 0.29) is 5.54 Å². The van der Waals surface area contributed by atoms with Gasteiger partial charge in [0, 0.05) is 24.9 Å². The standard InChI is InChI=1S/C14H24O5Si/c1-10(2)20(18-6,19-7)11-8-12(15-3)14(17-5)13(9-11)16-4/h8-10H,1-7H3. The maximum atomic E-state index is 5.77. The zero-order valence-electron chi connectivity index (χ0n) is 13.3. The van der Waals surface area contributed by atoms with Gasteiger partial charge in [-0.15, -0.1) is 0 Å². The molecule has 0 atom stereocenters. The minimum absolute atomic E-state index is 0.236. The normalized spacial score (nSPS) is 11.6. The second kappa shape index (κ2) is 6.96. The van der Waals surface area contributed by atoms with Gasteiger partial charge in [-0.1, -0.05) is 13.8 Å². The Morgan fingerprint density at radius 1 is 0.800 bits per heavy atom. The van der Waals surface area contributed by atoms with E-state index < -0.39 is 8.56 Å². The van der Waals surface area contributed by atoms with Crippen molar-refractivity contribution in [3.8, 4) is 17.2 Å². The summed E-state index contributed by atoms with van der Waals surface area (Å²) < 4.78 is 27.7. The molecule has 114 valence electrons. The van der Waals surface area contributed by atoms with E-state index >= 15 is 0 Å². The van der Waals surface area contributed by atoms with Gasteiger partial charge in [0.2, 0.25) is 5.75 Å². The Morgan fingerprint density at radius 3 is 1.50 bits per heavy atom. The average Bonchev–Trinajstić information content (AvgIpc) is 2.47. The average molecular weight is 300 g/mol. The van der Waals surface area contributed by atoms with Crippen molar-refractivity contribution in [1.82, 2.24) is 0 Å². The Labute approximate surface area is 122 Å². The van der Waals surface area contributed by atoms with Crippen molar-refractivity contribution in [3.05, 3.63) is 12.1 Å². The second-order valence-electron chi connectivity index (χ2n) is 4.64. The first-order valence-electron chi connectivity index (χ1n) is 6.41. The molecule has 0 radical (unpaired) electrons. The lowest BCUT2D eigenvalue weighted by Crippen LogP contribution is -2.55. The predicted octanol–water partition coefficient (Wildman–Crippen LogP) is 2.06. The molecule has 20 heavy (non-hydrogen) atoms. The van der Waals surface area contributed by atoms with Crippen LogP contribution in [0.3, 0.4) is 0 Å². The molecule has 0 aliphatic heterocycles. The van der Waals surface area contributed by atoms with Gasteiger partial charge in [-0.2, -0.15) is 0 Å². The molecule has 6 heteroatoms. The number of hydrogen-bond acceptors (Lipinski definition) is 5. The quantitative estimate of drug-likeness (QED) is 0.721. The van der Waals surface area contributed by atoms with Gasteiger partial charge in [-0.25, -0.2) is 0 Å². The third-order valence-electron chi connectivity index (χ3n) is 3.43. The van der Waals surface area contributed by atoms with Crippen molar-refractivity contribution in [2.45, 2.75) is 19.4 Å². The molecule has 0 saturated carbocycles. The van der Waals surface area contributed by atoms with Gasteiger partial charge in [0.05, 0.1) is 21.3 Å². The molecule has 1 aromatic carbocycles. The summed E-state index contributed by atoms with van der Waals surface area (Å²) in [6.45, 7) is 4.17. The van der Waals surface area contributed by atoms with Crippen LogP contribution in [-0.4, -0.2) is 44.1 Å². The molecule has 0 bridgehead atoms. The van der Waals surface area contributed by atoms with Gasteiger partial charge in [0.25, 0.3) is 0 Å². The lowest BCUT2D eigenvalue weighted by atomic mass is 10.3. The third-order valence-corrected chi connectivity index (χ3v) is 7.26.